The van der Waals surface area contributed by atoms with Crippen molar-refractivity contribution in [3.05, 3.63) is 11.8 Å². The lowest BCUT2D eigenvalue weighted by Gasteiger charge is -2.40. The fourth-order valence-corrected chi connectivity index (χ4v) is 4.96. The molecule has 0 radical (unpaired) electrons. The molecule has 1 aliphatic heterocycles. The Kier molecular flexibility index (Phi) is 14.8. The summed E-state index contributed by atoms with van der Waals surface area (Å²) in [5.41, 5.74) is 0.160. The van der Waals surface area contributed by atoms with E-state index in [1.54, 1.807) is 0 Å². The molecule has 0 aromatic rings. The van der Waals surface area contributed by atoms with Crippen LogP contribution in [0, 0.1) is 0 Å². The van der Waals surface area contributed by atoms with Crippen molar-refractivity contribution in [3.63, 3.8) is 0 Å². The van der Waals surface area contributed by atoms with Gasteiger partial charge in [0.1, 0.15) is 0 Å². The average molecular weight is 422 g/mol. The van der Waals surface area contributed by atoms with E-state index in [-0.39, 0.29) is 11.1 Å². The first kappa shape index (κ1) is 27.5. The Morgan fingerprint density at radius 2 is 1.07 bits per heavy atom. The van der Waals surface area contributed by atoms with E-state index in [1.165, 1.54) is 115 Å². The first-order chi connectivity index (χ1) is 14.3. The fraction of sp³-hybridized carbons (Fsp3) is 0.929. The van der Waals surface area contributed by atoms with Crippen molar-refractivity contribution in [2.24, 2.45) is 0 Å². The van der Waals surface area contributed by atoms with Crippen LogP contribution in [0.1, 0.15) is 150 Å². The summed E-state index contributed by atoms with van der Waals surface area (Å²) >= 11 is 0. The van der Waals surface area contributed by atoms with Gasteiger partial charge in [0, 0.05) is 17.5 Å². The van der Waals surface area contributed by atoms with Crippen LogP contribution in [0.15, 0.2) is 11.8 Å². The Balaban J connectivity index is 1.82. The normalized spacial score (nSPS) is 17.7. The fourth-order valence-electron chi connectivity index (χ4n) is 4.96. The van der Waals surface area contributed by atoms with Crippen LogP contribution < -0.4 is 5.32 Å². The van der Waals surface area contributed by atoms with Crippen LogP contribution in [0.3, 0.4) is 0 Å². The van der Waals surface area contributed by atoms with E-state index in [2.05, 4.69) is 46.0 Å². The Bertz CT molecular complexity index is 438. The highest BCUT2D eigenvalue weighted by atomic mass is 16.5. The molecular formula is C28H55NO. The Morgan fingerprint density at radius 1 is 0.667 bits per heavy atom. The van der Waals surface area contributed by atoms with Crippen molar-refractivity contribution in [3.8, 4) is 0 Å². The highest BCUT2D eigenvalue weighted by Crippen LogP contribution is 2.28. The lowest BCUT2D eigenvalue weighted by molar-refractivity contribution is 0.150. The van der Waals surface area contributed by atoms with Crippen molar-refractivity contribution < 1.29 is 4.74 Å². The molecule has 0 bridgehead atoms. The number of hydrogen-bond donors (Lipinski definition) is 1. The maximum absolute atomic E-state index is 6.10. The molecule has 0 aromatic heterocycles. The molecule has 0 spiro atoms. The largest absolute Gasteiger partial charge is 0.498 e. The van der Waals surface area contributed by atoms with E-state index in [4.69, 9.17) is 4.74 Å². The zero-order valence-electron chi connectivity index (χ0n) is 21.4. The minimum absolute atomic E-state index is 0.0331. The molecule has 2 nitrogen and oxygen atoms in total. The van der Waals surface area contributed by atoms with E-state index in [0.717, 1.165) is 13.0 Å². The summed E-state index contributed by atoms with van der Waals surface area (Å²) < 4.78 is 6.10. The van der Waals surface area contributed by atoms with Gasteiger partial charge in [-0.1, -0.05) is 110 Å². The van der Waals surface area contributed by atoms with Crippen LogP contribution >= 0.6 is 0 Å². The molecule has 0 saturated carbocycles. The van der Waals surface area contributed by atoms with E-state index in [9.17, 15) is 0 Å². The van der Waals surface area contributed by atoms with Gasteiger partial charge in [0.05, 0.1) is 12.4 Å². The predicted molar refractivity (Wildman–Crippen MR) is 134 cm³/mol. The standard InChI is InChI=1S/C28H55NO/c1-6-7-8-9-10-11-12-13-14-15-16-17-18-19-20-21-22-23-30-26-24-27(2,3)29-28(4,5)25-26/h24,29H,6-23,25H2,1-5H3. The van der Waals surface area contributed by atoms with Crippen LogP contribution in [0.5, 0.6) is 0 Å². The van der Waals surface area contributed by atoms with Crippen molar-refractivity contribution in [1.29, 1.82) is 0 Å². The van der Waals surface area contributed by atoms with Gasteiger partial charge in [-0.15, -0.1) is 0 Å². The summed E-state index contributed by atoms with van der Waals surface area (Å²) in [7, 11) is 0. The molecule has 0 fully saturated rings. The molecule has 2 heteroatoms. The maximum Gasteiger partial charge on any atom is 0.0956 e. The second-order valence-corrected chi connectivity index (χ2v) is 11.0. The third kappa shape index (κ3) is 15.3. The van der Waals surface area contributed by atoms with Gasteiger partial charge in [0.2, 0.25) is 0 Å². The van der Waals surface area contributed by atoms with Crippen molar-refractivity contribution in [1.82, 2.24) is 5.32 Å². The smallest absolute Gasteiger partial charge is 0.0956 e. The van der Waals surface area contributed by atoms with Gasteiger partial charge in [-0.3, -0.25) is 0 Å². The number of rotatable bonds is 19. The third-order valence-electron chi connectivity index (χ3n) is 6.33. The SMILES string of the molecule is CCCCCCCCCCCCCCCCCCCOC1=CC(C)(C)NC(C)(C)C1. The quantitative estimate of drug-likeness (QED) is 0.210. The minimum Gasteiger partial charge on any atom is -0.498 e. The van der Waals surface area contributed by atoms with Crippen molar-refractivity contribution >= 4 is 0 Å². The second-order valence-electron chi connectivity index (χ2n) is 11.0. The van der Waals surface area contributed by atoms with Gasteiger partial charge < -0.3 is 10.1 Å². The summed E-state index contributed by atoms with van der Waals surface area (Å²) in [6, 6.07) is 0. The summed E-state index contributed by atoms with van der Waals surface area (Å²) in [6.45, 7) is 12.2. The average Bonchev–Trinajstić information content (AvgIpc) is 2.64. The van der Waals surface area contributed by atoms with Crippen molar-refractivity contribution in [2.75, 3.05) is 6.61 Å². The van der Waals surface area contributed by atoms with E-state index >= 15 is 0 Å². The molecule has 0 aromatic carbocycles. The zero-order valence-corrected chi connectivity index (χ0v) is 21.4. The van der Waals surface area contributed by atoms with Gasteiger partial charge in [0.15, 0.2) is 0 Å². The molecule has 0 atom stereocenters. The Morgan fingerprint density at radius 3 is 1.47 bits per heavy atom. The first-order valence-electron chi connectivity index (χ1n) is 13.5. The van der Waals surface area contributed by atoms with Crippen LogP contribution in [-0.2, 0) is 4.74 Å². The lowest BCUT2D eigenvalue weighted by atomic mass is 9.87. The van der Waals surface area contributed by atoms with Crippen molar-refractivity contribution in [2.45, 2.75) is 161 Å². The third-order valence-corrected chi connectivity index (χ3v) is 6.33. The van der Waals surface area contributed by atoms with Crippen LogP contribution in [0.25, 0.3) is 0 Å². The van der Waals surface area contributed by atoms with Crippen LogP contribution in [-0.4, -0.2) is 17.7 Å². The molecule has 0 aliphatic carbocycles. The number of hydrogen-bond acceptors (Lipinski definition) is 2. The highest BCUT2D eigenvalue weighted by Gasteiger charge is 2.32. The molecule has 178 valence electrons. The van der Waals surface area contributed by atoms with Gasteiger partial charge in [-0.2, -0.15) is 0 Å². The van der Waals surface area contributed by atoms with Gasteiger partial charge in [0.25, 0.3) is 0 Å². The summed E-state index contributed by atoms with van der Waals surface area (Å²) in [4.78, 5) is 0. The summed E-state index contributed by atoms with van der Waals surface area (Å²) in [5, 5.41) is 3.67. The number of unbranched alkanes of at least 4 members (excludes halogenated alkanes) is 16. The summed E-state index contributed by atoms with van der Waals surface area (Å²) in [6.07, 6.45) is 27.4. The lowest BCUT2D eigenvalue weighted by Crippen LogP contribution is -2.54. The summed E-state index contributed by atoms with van der Waals surface area (Å²) in [5.74, 6) is 1.18. The molecule has 0 saturated heterocycles. The monoisotopic (exact) mass is 421 g/mol. The minimum atomic E-state index is 0.0331. The molecule has 1 N–H and O–H groups in total. The molecule has 1 aliphatic rings. The van der Waals surface area contributed by atoms with Gasteiger partial charge >= 0.3 is 0 Å². The van der Waals surface area contributed by atoms with E-state index in [1.807, 2.05) is 0 Å². The van der Waals surface area contributed by atoms with Gasteiger partial charge in [-0.05, 0) is 40.2 Å². The molecule has 30 heavy (non-hydrogen) atoms. The second kappa shape index (κ2) is 16.2. The highest BCUT2D eigenvalue weighted by molar-refractivity contribution is 5.16. The number of ether oxygens (including phenoxy) is 1. The zero-order chi connectivity index (χ0) is 22.1. The predicted octanol–water partition coefficient (Wildman–Crippen LogP) is 9.09. The maximum atomic E-state index is 6.10. The molecule has 0 unspecified atom stereocenters. The van der Waals surface area contributed by atoms with Crippen LogP contribution in [0.2, 0.25) is 0 Å². The Labute approximate surface area is 190 Å². The molecule has 1 heterocycles. The van der Waals surface area contributed by atoms with Gasteiger partial charge in [-0.25, -0.2) is 0 Å². The number of nitrogens with one attached hydrogen (secondary N) is 1. The topological polar surface area (TPSA) is 21.3 Å². The molecule has 1 rings (SSSR count). The molecule has 0 amide bonds. The van der Waals surface area contributed by atoms with E-state index < -0.39 is 0 Å². The molecular weight excluding hydrogens is 366 g/mol. The first-order valence-corrected chi connectivity index (χ1v) is 13.5. The van der Waals surface area contributed by atoms with E-state index in [0.29, 0.717) is 0 Å². The Hall–Kier alpha value is -0.500. The van der Waals surface area contributed by atoms with Crippen LogP contribution in [0.4, 0.5) is 0 Å².